The lowest BCUT2D eigenvalue weighted by Crippen LogP contribution is -2.61. The van der Waals surface area contributed by atoms with E-state index in [9.17, 15) is 29.7 Å². The summed E-state index contributed by atoms with van der Waals surface area (Å²) < 4.78 is 17.7. The van der Waals surface area contributed by atoms with Crippen molar-refractivity contribution in [1.82, 2.24) is 4.90 Å². The quantitative estimate of drug-likeness (QED) is 0.232. The number of carbonyl (C=O) groups is 3. The van der Waals surface area contributed by atoms with Crippen LogP contribution in [-0.4, -0.2) is 93.9 Å². The molecule has 3 aliphatic heterocycles. The maximum Gasteiger partial charge on any atom is 0.329 e. The van der Waals surface area contributed by atoms with E-state index in [4.69, 9.17) is 14.2 Å². The Bertz CT molecular complexity index is 1120. The number of nitrogens with zero attached hydrogens (tertiary/aromatic N) is 1. The molecule has 10 heteroatoms. The molecule has 0 radical (unpaired) electrons. The van der Waals surface area contributed by atoms with Crippen molar-refractivity contribution in [3.8, 4) is 0 Å². The number of aliphatic hydroxyl groups excluding tert-OH is 2. The van der Waals surface area contributed by atoms with E-state index in [1.165, 1.54) is 12.0 Å². The molecule has 4 aliphatic rings. The van der Waals surface area contributed by atoms with Crippen molar-refractivity contribution in [3.63, 3.8) is 0 Å². The van der Waals surface area contributed by atoms with Crippen LogP contribution >= 0.6 is 0 Å². The number of piperidine rings is 1. The maximum atomic E-state index is 13.8. The van der Waals surface area contributed by atoms with Gasteiger partial charge in [0.2, 0.25) is 5.79 Å². The van der Waals surface area contributed by atoms with Gasteiger partial charge in [-0.05, 0) is 102 Å². The summed E-state index contributed by atoms with van der Waals surface area (Å²) >= 11 is 0. The number of cyclic esters (lactones) is 1. The molecule has 260 valence electrons. The largest absolute Gasteiger partial charge is 0.461 e. The maximum absolute atomic E-state index is 13.8. The number of amides is 1. The van der Waals surface area contributed by atoms with Crippen molar-refractivity contribution < 1.29 is 43.9 Å². The summed E-state index contributed by atoms with van der Waals surface area (Å²) in [6.07, 6.45) is 10.7. The summed E-state index contributed by atoms with van der Waals surface area (Å²) in [5.74, 6) is -5.47. The number of hydrogen-bond donors (Lipinski definition) is 3. The van der Waals surface area contributed by atoms with Crippen LogP contribution in [0.2, 0.25) is 0 Å². The number of rotatable bonds is 4. The van der Waals surface area contributed by atoms with E-state index < -0.39 is 65.9 Å². The molecule has 1 aliphatic carbocycles. The van der Waals surface area contributed by atoms with Crippen molar-refractivity contribution in [2.75, 3.05) is 13.7 Å². The average Bonchev–Trinajstić information content (AvgIpc) is 3.03. The molecule has 2 bridgehead atoms. The normalized spacial score (nSPS) is 41.6. The molecule has 1 amide bonds. The first-order valence-corrected chi connectivity index (χ1v) is 17.5. The Morgan fingerprint density at radius 1 is 1.07 bits per heavy atom. The first-order chi connectivity index (χ1) is 21.9. The second-order valence-electron chi connectivity index (χ2n) is 14.5. The van der Waals surface area contributed by atoms with Gasteiger partial charge in [0.1, 0.15) is 18.2 Å². The number of carbonyl (C=O) groups excluding carboxylic acids is 3. The molecule has 46 heavy (non-hydrogen) atoms. The molecule has 0 aromatic rings. The van der Waals surface area contributed by atoms with Gasteiger partial charge in [-0.1, -0.05) is 44.6 Å². The van der Waals surface area contributed by atoms with E-state index >= 15 is 0 Å². The fraction of sp³-hybridized carbons (Fsp3) is 0.806. The number of ketones is 1. The van der Waals surface area contributed by atoms with Gasteiger partial charge in [-0.25, -0.2) is 4.79 Å². The number of aliphatic hydroxyl groups is 3. The molecule has 10 nitrogen and oxygen atoms in total. The standard InChI is InChI=1S/C36H57NO9/c1-22-12-8-6-7-9-14-29(24(3)21-26-16-17-28(38)32(44-5)31(26)39)45-35(42)27-13-10-11-19-37(27)34(41)33(40)36(43)25(4)20-23(2)30(46-36)18-15-22/h6,8,15,23-32,38-39,43H,7,9-14,16-21H2,1-5H3/b8-6+,22-15+. The fourth-order valence-electron chi connectivity index (χ4n) is 7.90. The number of fused-ring (bicyclic) bond motifs is 3. The first kappa shape index (κ1) is 36.7. The Balaban J connectivity index is 1.58. The highest BCUT2D eigenvalue weighted by molar-refractivity contribution is 6.39. The summed E-state index contributed by atoms with van der Waals surface area (Å²) in [6.45, 7) is 8.04. The van der Waals surface area contributed by atoms with Crippen LogP contribution in [0.5, 0.6) is 0 Å². The summed E-state index contributed by atoms with van der Waals surface area (Å²) in [7, 11) is 1.49. The number of methoxy groups -OCH3 is 1. The van der Waals surface area contributed by atoms with Gasteiger partial charge < -0.3 is 34.4 Å². The molecule has 3 heterocycles. The van der Waals surface area contributed by atoms with E-state index in [0.29, 0.717) is 57.8 Å². The van der Waals surface area contributed by atoms with Gasteiger partial charge >= 0.3 is 5.97 Å². The third-order valence-electron chi connectivity index (χ3n) is 11.0. The van der Waals surface area contributed by atoms with E-state index in [2.05, 4.69) is 18.2 Å². The predicted molar refractivity (Wildman–Crippen MR) is 172 cm³/mol. The number of Topliss-reactive ketones (excluding diaryl/α,β-unsaturated/α-hetero) is 1. The number of allylic oxidation sites excluding steroid dienone is 3. The highest BCUT2D eigenvalue weighted by atomic mass is 16.6. The average molecular weight is 648 g/mol. The van der Waals surface area contributed by atoms with Crippen LogP contribution in [0.15, 0.2) is 23.8 Å². The Labute approximate surface area is 274 Å². The van der Waals surface area contributed by atoms with Crippen LogP contribution in [0, 0.1) is 23.7 Å². The minimum absolute atomic E-state index is 0.0867. The van der Waals surface area contributed by atoms with Crippen LogP contribution in [0.3, 0.4) is 0 Å². The molecule has 2 saturated heterocycles. The van der Waals surface area contributed by atoms with Gasteiger partial charge in [0.05, 0.1) is 18.3 Å². The summed E-state index contributed by atoms with van der Waals surface area (Å²) in [5.41, 5.74) is 1.15. The Hall–Kier alpha value is -2.11. The molecule has 11 unspecified atom stereocenters. The van der Waals surface area contributed by atoms with Crippen LogP contribution in [0.25, 0.3) is 0 Å². The molecule has 0 spiro atoms. The third-order valence-corrected chi connectivity index (χ3v) is 11.0. The predicted octanol–water partition coefficient (Wildman–Crippen LogP) is 4.24. The zero-order valence-electron chi connectivity index (χ0n) is 28.4. The Morgan fingerprint density at radius 2 is 1.83 bits per heavy atom. The second-order valence-corrected chi connectivity index (χ2v) is 14.5. The van der Waals surface area contributed by atoms with Crippen molar-refractivity contribution in [3.05, 3.63) is 23.8 Å². The molecular formula is C36H57NO9. The van der Waals surface area contributed by atoms with Gasteiger partial charge in [0.25, 0.3) is 11.7 Å². The highest BCUT2D eigenvalue weighted by Gasteiger charge is 2.54. The smallest absolute Gasteiger partial charge is 0.329 e. The molecule has 0 aromatic heterocycles. The molecular weight excluding hydrogens is 590 g/mol. The van der Waals surface area contributed by atoms with Gasteiger partial charge in [-0.3, -0.25) is 9.59 Å². The van der Waals surface area contributed by atoms with Gasteiger partial charge in [0.15, 0.2) is 0 Å². The SMILES string of the molecule is COC1C(O)CCC(CC(C)C2CCC/C=C/C/C(C)=C/CC3OC(O)(C(=O)C(=O)N4CCCCC4C(=O)O2)C(C)CC3C)C1O. The van der Waals surface area contributed by atoms with E-state index in [1.54, 1.807) is 6.92 Å². The van der Waals surface area contributed by atoms with Gasteiger partial charge in [-0.15, -0.1) is 0 Å². The van der Waals surface area contributed by atoms with Crippen LogP contribution < -0.4 is 0 Å². The molecule has 4 rings (SSSR count). The summed E-state index contributed by atoms with van der Waals surface area (Å²) in [6, 6.07) is -0.932. The van der Waals surface area contributed by atoms with E-state index in [0.717, 1.165) is 24.8 Å². The minimum Gasteiger partial charge on any atom is -0.461 e. The lowest BCUT2D eigenvalue weighted by atomic mass is 9.76. The van der Waals surface area contributed by atoms with Gasteiger partial charge in [-0.2, -0.15) is 0 Å². The number of ether oxygens (including phenoxy) is 3. The third kappa shape index (κ3) is 8.48. The van der Waals surface area contributed by atoms with Gasteiger partial charge in [0, 0.05) is 19.6 Å². The van der Waals surface area contributed by atoms with Crippen molar-refractivity contribution in [1.29, 1.82) is 0 Å². The zero-order valence-corrected chi connectivity index (χ0v) is 28.4. The zero-order chi connectivity index (χ0) is 33.6. The lowest BCUT2D eigenvalue weighted by Gasteiger charge is -2.44. The van der Waals surface area contributed by atoms with Crippen LogP contribution in [-0.2, 0) is 28.6 Å². The Morgan fingerprint density at radius 3 is 2.57 bits per heavy atom. The van der Waals surface area contributed by atoms with Crippen molar-refractivity contribution in [2.45, 2.75) is 147 Å². The molecule has 1 saturated carbocycles. The number of esters is 1. The van der Waals surface area contributed by atoms with Crippen molar-refractivity contribution in [2.24, 2.45) is 23.7 Å². The number of hydrogen-bond acceptors (Lipinski definition) is 9. The summed E-state index contributed by atoms with van der Waals surface area (Å²) in [4.78, 5) is 42.7. The second kappa shape index (κ2) is 16.3. The highest BCUT2D eigenvalue weighted by Crippen LogP contribution is 2.39. The molecule has 3 N–H and O–H groups in total. The van der Waals surface area contributed by atoms with Crippen molar-refractivity contribution >= 4 is 17.7 Å². The Kier molecular flexibility index (Phi) is 13.0. The van der Waals surface area contributed by atoms with E-state index in [-0.39, 0.29) is 24.3 Å². The molecule has 0 aromatic carbocycles. The first-order valence-electron chi connectivity index (χ1n) is 17.5. The topological polar surface area (TPSA) is 143 Å². The van der Waals surface area contributed by atoms with E-state index in [1.807, 2.05) is 20.8 Å². The molecule has 3 fully saturated rings. The minimum atomic E-state index is -2.27. The monoisotopic (exact) mass is 647 g/mol. The van der Waals surface area contributed by atoms with Crippen LogP contribution in [0.1, 0.15) is 105 Å². The van der Waals surface area contributed by atoms with Crippen LogP contribution in [0.4, 0.5) is 0 Å². The summed E-state index contributed by atoms with van der Waals surface area (Å²) in [5, 5.41) is 32.9. The fourth-order valence-corrected chi connectivity index (χ4v) is 7.90. The lowest BCUT2D eigenvalue weighted by molar-refractivity contribution is -0.273. The molecule has 11 atom stereocenters.